The number of hydrogen-bond donors (Lipinski definition) is 1. The Morgan fingerprint density at radius 1 is 0.789 bits per heavy atom. The number of carboxylic acids is 1. The SMILES string of the molecule is C[C@H](c1ccccc1)N1CC(C(=O)O)CC1=O.C[C@H](c1ccccc1)N1CC(C(=O)OC(C)(C)C)CC1=O. The third-order valence-electron chi connectivity index (χ3n) is 6.91. The van der Waals surface area contributed by atoms with Crippen molar-refractivity contribution in [2.45, 2.75) is 65.1 Å². The van der Waals surface area contributed by atoms with Gasteiger partial charge in [0.25, 0.3) is 0 Å². The Kier molecular flexibility index (Phi) is 9.31. The van der Waals surface area contributed by atoms with E-state index < -0.39 is 17.5 Å². The van der Waals surface area contributed by atoms with Crippen LogP contribution in [0, 0.1) is 11.8 Å². The predicted octanol–water partition coefficient (Wildman–Crippen LogP) is 4.62. The van der Waals surface area contributed by atoms with Gasteiger partial charge in [-0.2, -0.15) is 0 Å². The average molecular weight is 523 g/mol. The number of aliphatic carboxylic acids is 1. The lowest BCUT2D eigenvalue weighted by Gasteiger charge is -2.26. The maximum atomic E-state index is 12.2. The van der Waals surface area contributed by atoms with Crippen LogP contribution >= 0.6 is 0 Å². The fourth-order valence-corrected chi connectivity index (χ4v) is 4.74. The summed E-state index contributed by atoms with van der Waals surface area (Å²) in [4.78, 5) is 50.4. The minimum atomic E-state index is -0.888. The number of carboxylic acid groups (broad SMARTS) is 1. The number of amides is 2. The van der Waals surface area contributed by atoms with Crippen molar-refractivity contribution in [2.24, 2.45) is 11.8 Å². The Morgan fingerprint density at radius 3 is 1.55 bits per heavy atom. The van der Waals surface area contributed by atoms with Gasteiger partial charge in [0.1, 0.15) is 5.60 Å². The molecule has 0 saturated carbocycles. The third kappa shape index (κ3) is 7.43. The molecule has 2 saturated heterocycles. The lowest BCUT2D eigenvalue weighted by molar-refractivity contribution is -0.159. The van der Waals surface area contributed by atoms with E-state index in [0.717, 1.165) is 11.1 Å². The molecule has 0 aliphatic carbocycles. The van der Waals surface area contributed by atoms with E-state index in [9.17, 15) is 19.2 Å². The van der Waals surface area contributed by atoms with Crippen LogP contribution in [0.1, 0.15) is 70.7 Å². The first-order chi connectivity index (χ1) is 17.9. The monoisotopic (exact) mass is 522 g/mol. The van der Waals surface area contributed by atoms with Gasteiger partial charge in [-0.1, -0.05) is 60.7 Å². The van der Waals surface area contributed by atoms with E-state index in [-0.39, 0.29) is 48.6 Å². The van der Waals surface area contributed by atoms with Crippen molar-refractivity contribution >= 4 is 23.8 Å². The molecule has 0 bridgehead atoms. The lowest BCUT2D eigenvalue weighted by Crippen LogP contribution is -2.32. The zero-order valence-electron chi connectivity index (χ0n) is 22.8. The van der Waals surface area contributed by atoms with Crippen molar-refractivity contribution in [1.82, 2.24) is 9.80 Å². The molecule has 2 fully saturated rings. The van der Waals surface area contributed by atoms with E-state index in [2.05, 4.69) is 0 Å². The topological polar surface area (TPSA) is 104 Å². The van der Waals surface area contributed by atoms with Crippen molar-refractivity contribution in [1.29, 1.82) is 0 Å². The number of carbonyl (C=O) groups is 4. The molecule has 8 nitrogen and oxygen atoms in total. The fraction of sp³-hybridized carbons (Fsp3) is 0.467. The summed E-state index contributed by atoms with van der Waals surface area (Å²) in [5.41, 5.74) is 1.60. The molecule has 204 valence electrons. The molecule has 0 radical (unpaired) electrons. The van der Waals surface area contributed by atoms with Crippen LogP contribution in [0.15, 0.2) is 60.7 Å². The van der Waals surface area contributed by atoms with Crippen LogP contribution in [-0.2, 0) is 23.9 Å². The van der Waals surface area contributed by atoms with Gasteiger partial charge in [0, 0.05) is 25.9 Å². The van der Waals surface area contributed by atoms with E-state index in [1.807, 2.05) is 95.3 Å². The Labute approximate surface area is 224 Å². The minimum Gasteiger partial charge on any atom is -0.481 e. The average Bonchev–Trinajstić information content (AvgIpc) is 3.46. The summed E-state index contributed by atoms with van der Waals surface area (Å²) in [5.74, 6) is -2.15. The second-order valence-electron chi connectivity index (χ2n) is 10.9. The smallest absolute Gasteiger partial charge is 0.311 e. The molecule has 2 aromatic rings. The van der Waals surface area contributed by atoms with Gasteiger partial charge in [0.05, 0.1) is 23.9 Å². The molecule has 0 spiro atoms. The van der Waals surface area contributed by atoms with Crippen molar-refractivity contribution < 1.29 is 29.0 Å². The summed E-state index contributed by atoms with van der Waals surface area (Å²) in [7, 11) is 0. The van der Waals surface area contributed by atoms with Crippen LogP contribution in [0.5, 0.6) is 0 Å². The Morgan fingerprint density at radius 2 is 1.18 bits per heavy atom. The van der Waals surface area contributed by atoms with Gasteiger partial charge in [-0.15, -0.1) is 0 Å². The number of hydrogen-bond acceptors (Lipinski definition) is 5. The highest BCUT2D eigenvalue weighted by molar-refractivity contribution is 5.87. The van der Waals surface area contributed by atoms with Gasteiger partial charge in [-0.3, -0.25) is 19.2 Å². The van der Waals surface area contributed by atoms with Gasteiger partial charge < -0.3 is 19.6 Å². The van der Waals surface area contributed by atoms with Crippen molar-refractivity contribution in [3.8, 4) is 0 Å². The summed E-state index contributed by atoms with van der Waals surface area (Å²) in [6, 6.07) is 19.4. The van der Waals surface area contributed by atoms with E-state index in [1.54, 1.807) is 9.80 Å². The molecule has 4 atom stereocenters. The molecule has 8 heteroatoms. The van der Waals surface area contributed by atoms with Crippen LogP contribution in [0.2, 0.25) is 0 Å². The molecule has 2 amide bonds. The Balaban J connectivity index is 0.000000215. The van der Waals surface area contributed by atoms with E-state index >= 15 is 0 Å². The van der Waals surface area contributed by atoms with E-state index in [4.69, 9.17) is 9.84 Å². The summed E-state index contributed by atoms with van der Waals surface area (Å²) in [5, 5.41) is 8.92. The minimum absolute atomic E-state index is 0.0159. The predicted molar refractivity (Wildman–Crippen MR) is 143 cm³/mol. The van der Waals surface area contributed by atoms with Gasteiger partial charge >= 0.3 is 11.9 Å². The molecule has 0 aromatic heterocycles. The number of esters is 1. The largest absolute Gasteiger partial charge is 0.481 e. The van der Waals surface area contributed by atoms with Gasteiger partial charge in [0.2, 0.25) is 11.8 Å². The summed E-state index contributed by atoms with van der Waals surface area (Å²) in [6.45, 7) is 10.2. The maximum absolute atomic E-state index is 12.2. The third-order valence-corrected chi connectivity index (χ3v) is 6.91. The molecule has 2 unspecified atom stereocenters. The van der Waals surface area contributed by atoms with Crippen LogP contribution in [0.4, 0.5) is 0 Å². The highest BCUT2D eigenvalue weighted by atomic mass is 16.6. The maximum Gasteiger partial charge on any atom is 0.311 e. The van der Waals surface area contributed by atoms with Crippen LogP contribution < -0.4 is 0 Å². The van der Waals surface area contributed by atoms with Crippen LogP contribution in [0.3, 0.4) is 0 Å². The van der Waals surface area contributed by atoms with Crippen molar-refractivity contribution in [2.75, 3.05) is 13.1 Å². The summed E-state index contributed by atoms with van der Waals surface area (Å²) < 4.78 is 5.39. The van der Waals surface area contributed by atoms with Crippen LogP contribution in [-0.4, -0.2) is 57.3 Å². The molecule has 38 heavy (non-hydrogen) atoms. The quantitative estimate of drug-likeness (QED) is 0.556. The summed E-state index contributed by atoms with van der Waals surface area (Å²) in [6.07, 6.45) is 0.360. The zero-order chi connectivity index (χ0) is 28.0. The van der Waals surface area contributed by atoms with Crippen molar-refractivity contribution in [3.05, 3.63) is 71.8 Å². The number of nitrogens with zero attached hydrogens (tertiary/aromatic N) is 2. The molecule has 2 heterocycles. The Bertz CT molecular complexity index is 1130. The molecular weight excluding hydrogens is 484 g/mol. The highest BCUT2D eigenvalue weighted by Gasteiger charge is 2.39. The number of rotatable bonds is 6. The molecule has 2 aliphatic heterocycles. The molecule has 2 aromatic carbocycles. The number of benzene rings is 2. The standard InChI is InChI=1S/C17H23NO3.C13H15NO3/c1-12(13-8-6-5-7-9-13)18-11-14(10-15(18)19)16(20)21-17(2,3)4;1-9(10-5-3-2-4-6-10)14-8-11(13(16)17)7-12(14)15/h5-9,12,14H,10-11H2,1-4H3;2-6,9,11H,7-8H2,1H3,(H,16,17)/t12-,14?;9-,11?/m11/s1. The van der Waals surface area contributed by atoms with E-state index in [1.165, 1.54) is 0 Å². The number of likely N-dealkylation sites (tertiary alicyclic amines) is 2. The molecule has 1 N–H and O–H groups in total. The number of carbonyl (C=O) groups excluding carboxylic acids is 3. The highest BCUT2D eigenvalue weighted by Crippen LogP contribution is 2.30. The van der Waals surface area contributed by atoms with Crippen LogP contribution in [0.25, 0.3) is 0 Å². The second-order valence-corrected chi connectivity index (χ2v) is 10.9. The normalized spacial score (nSPS) is 21.0. The van der Waals surface area contributed by atoms with Gasteiger partial charge in [-0.05, 0) is 45.7 Å². The zero-order valence-corrected chi connectivity index (χ0v) is 22.8. The van der Waals surface area contributed by atoms with Gasteiger partial charge in [0.15, 0.2) is 0 Å². The first kappa shape index (κ1) is 28.9. The van der Waals surface area contributed by atoms with Gasteiger partial charge in [-0.25, -0.2) is 0 Å². The van der Waals surface area contributed by atoms with Crippen molar-refractivity contribution in [3.63, 3.8) is 0 Å². The molecular formula is C30H38N2O6. The fourth-order valence-electron chi connectivity index (χ4n) is 4.74. The number of ether oxygens (including phenoxy) is 1. The first-order valence-electron chi connectivity index (χ1n) is 13.0. The first-order valence-corrected chi connectivity index (χ1v) is 13.0. The molecule has 4 rings (SSSR count). The summed E-state index contributed by atoms with van der Waals surface area (Å²) >= 11 is 0. The molecule has 2 aliphatic rings. The second kappa shape index (κ2) is 12.2. The van der Waals surface area contributed by atoms with E-state index in [0.29, 0.717) is 13.1 Å². The Hall–Kier alpha value is -3.68. The lowest BCUT2D eigenvalue weighted by atomic mass is 10.1.